The number of rotatable bonds is 13. The van der Waals surface area contributed by atoms with Gasteiger partial charge in [0, 0.05) is 30.8 Å². The van der Waals surface area contributed by atoms with E-state index < -0.39 is 5.97 Å². The van der Waals surface area contributed by atoms with Crippen molar-refractivity contribution in [1.82, 2.24) is 0 Å². The third-order valence-corrected chi connectivity index (χ3v) is 5.28. The van der Waals surface area contributed by atoms with Gasteiger partial charge in [0.05, 0.1) is 0 Å². The molecule has 5 heteroatoms. The van der Waals surface area contributed by atoms with Gasteiger partial charge in [-0.2, -0.15) is 0 Å². The zero-order valence-electron chi connectivity index (χ0n) is 18.6. The van der Waals surface area contributed by atoms with E-state index in [9.17, 15) is 15.0 Å². The molecule has 31 heavy (non-hydrogen) atoms. The molecule has 0 heterocycles. The van der Waals surface area contributed by atoms with Crippen LogP contribution in [-0.4, -0.2) is 42.6 Å². The van der Waals surface area contributed by atoms with Crippen molar-refractivity contribution in [2.45, 2.75) is 39.5 Å². The lowest BCUT2D eigenvalue weighted by molar-refractivity contribution is -0.138. The minimum atomic E-state index is -0.473. The molecule has 2 aromatic rings. The monoisotopic (exact) mass is 426 g/mol. The second-order valence-electron chi connectivity index (χ2n) is 7.72. The van der Waals surface area contributed by atoms with Crippen LogP contribution in [0.3, 0.4) is 0 Å². The number of aliphatic hydroxyl groups is 2. The first kappa shape index (κ1) is 24.6. The van der Waals surface area contributed by atoms with Crippen molar-refractivity contribution >= 4 is 5.97 Å². The largest absolute Gasteiger partial charge is 0.489 e. The molecule has 0 unspecified atom stereocenters. The van der Waals surface area contributed by atoms with Gasteiger partial charge in [0.15, 0.2) is 0 Å². The number of aliphatic hydroxyl groups excluding tert-OH is 2. The van der Waals surface area contributed by atoms with Crippen LogP contribution in [0.25, 0.3) is 11.1 Å². The number of carbonyl (C=O) groups is 1. The van der Waals surface area contributed by atoms with Gasteiger partial charge in [0.2, 0.25) is 0 Å². The zero-order chi connectivity index (χ0) is 22.6. The van der Waals surface area contributed by atoms with Crippen LogP contribution >= 0.6 is 0 Å². The highest BCUT2D eigenvalue weighted by Crippen LogP contribution is 2.34. The van der Waals surface area contributed by atoms with E-state index in [1.807, 2.05) is 6.07 Å². The molecular weight excluding hydrogens is 392 g/mol. The van der Waals surface area contributed by atoms with Gasteiger partial charge in [-0.1, -0.05) is 50.3 Å². The number of aryl methyl sites for hydroxylation is 3. The normalized spacial score (nSPS) is 10.9. The van der Waals surface area contributed by atoms with Crippen molar-refractivity contribution in [2.75, 3.05) is 26.4 Å². The Bertz CT molecular complexity index is 855. The van der Waals surface area contributed by atoms with E-state index in [0.717, 1.165) is 47.8 Å². The number of hydrogen-bond donors (Lipinski definition) is 2. The number of ether oxygens (including phenoxy) is 2. The predicted molar refractivity (Wildman–Crippen MR) is 123 cm³/mol. The van der Waals surface area contributed by atoms with Gasteiger partial charge in [0.1, 0.15) is 19.0 Å². The van der Waals surface area contributed by atoms with Gasteiger partial charge >= 0.3 is 5.97 Å². The fraction of sp³-hybridized carbons (Fsp3) is 0.423. The molecule has 168 valence electrons. The molecule has 0 aliphatic carbocycles. The average molecular weight is 427 g/mol. The molecule has 0 saturated carbocycles. The molecule has 0 atom stereocenters. The molecule has 0 bridgehead atoms. The quantitative estimate of drug-likeness (QED) is 0.284. The Morgan fingerprint density at radius 2 is 1.71 bits per heavy atom. The Morgan fingerprint density at radius 3 is 2.32 bits per heavy atom. The van der Waals surface area contributed by atoms with E-state index in [1.54, 1.807) is 0 Å². The first-order valence-corrected chi connectivity index (χ1v) is 10.9. The second kappa shape index (κ2) is 12.9. The maximum Gasteiger partial charge on any atom is 0.330 e. The van der Waals surface area contributed by atoms with Crippen molar-refractivity contribution < 1.29 is 24.5 Å². The van der Waals surface area contributed by atoms with Crippen LogP contribution in [-0.2, 0) is 22.4 Å². The first-order chi connectivity index (χ1) is 15.0. The lowest BCUT2D eigenvalue weighted by Gasteiger charge is -2.17. The van der Waals surface area contributed by atoms with E-state index in [2.05, 4.69) is 50.8 Å². The minimum Gasteiger partial charge on any atom is -0.489 e. The van der Waals surface area contributed by atoms with Crippen LogP contribution in [0.5, 0.6) is 5.75 Å². The molecule has 2 aromatic carbocycles. The highest BCUT2D eigenvalue weighted by molar-refractivity contribution is 5.81. The van der Waals surface area contributed by atoms with Crippen molar-refractivity contribution in [3.8, 4) is 16.9 Å². The average Bonchev–Trinajstić information content (AvgIpc) is 2.78. The number of hydrogen-bond acceptors (Lipinski definition) is 5. The first-order valence-electron chi connectivity index (χ1n) is 10.9. The maximum atomic E-state index is 11.3. The Morgan fingerprint density at radius 1 is 1.03 bits per heavy atom. The molecule has 2 N–H and O–H groups in total. The summed E-state index contributed by atoms with van der Waals surface area (Å²) >= 11 is 0. The maximum absolute atomic E-state index is 11.3. The van der Waals surface area contributed by atoms with Gasteiger partial charge in [-0.3, -0.25) is 0 Å². The molecule has 0 spiro atoms. The summed E-state index contributed by atoms with van der Waals surface area (Å²) in [6.45, 7) is 7.97. The topological polar surface area (TPSA) is 76.0 Å². The third-order valence-electron chi connectivity index (χ3n) is 5.28. The van der Waals surface area contributed by atoms with E-state index in [-0.39, 0.29) is 32.3 Å². The molecule has 2 rings (SSSR count). The minimum absolute atomic E-state index is 0.0318. The summed E-state index contributed by atoms with van der Waals surface area (Å²) in [4.78, 5) is 11.3. The number of benzene rings is 2. The van der Waals surface area contributed by atoms with Crippen molar-refractivity contribution in [3.63, 3.8) is 0 Å². The van der Waals surface area contributed by atoms with Gasteiger partial charge < -0.3 is 19.7 Å². The highest BCUT2D eigenvalue weighted by Gasteiger charge is 2.13. The Labute approximate surface area is 185 Å². The summed E-state index contributed by atoms with van der Waals surface area (Å²) in [7, 11) is 0. The molecule has 0 saturated heterocycles. The van der Waals surface area contributed by atoms with Crippen LogP contribution in [0.1, 0.15) is 36.5 Å². The second-order valence-corrected chi connectivity index (χ2v) is 7.72. The van der Waals surface area contributed by atoms with Gasteiger partial charge in [-0.25, -0.2) is 4.79 Å². The molecule has 0 aliphatic rings. The molecule has 0 fully saturated rings. The van der Waals surface area contributed by atoms with E-state index in [0.29, 0.717) is 6.42 Å². The molecule has 0 aromatic heterocycles. The summed E-state index contributed by atoms with van der Waals surface area (Å²) in [5.74, 6) is 0.123. The smallest absolute Gasteiger partial charge is 0.330 e. The summed E-state index contributed by atoms with van der Waals surface area (Å²) in [5.41, 5.74) is 5.66. The lowest BCUT2D eigenvalue weighted by atomic mass is 9.94. The van der Waals surface area contributed by atoms with E-state index in [1.165, 1.54) is 11.1 Å². The van der Waals surface area contributed by atoms with Crippen molar-refractivity contribution in [2.24, 2.45) is 5.92 Å². The Balaban J connectivity index is 2.26. The Kier molecular flexibility index (Phi) is 10.3. The SMILES string of the molecule is C=CC(=O)OCCOc1cc(CCC(CO)CO)ccc1-c1ccc(CCC)cc1C. The molecular formula is C26H34O5. The van der Waals surface area contributed by atoms with Gasteiger partial charge in [-0.15, -0.1) is 0 Å². The van der Waals surface area contributed by atoms with Crippen molar-refractivity contribution in [1.29, 1.82) is 0 Å². The van der Waals surface area contributed by atoms with Gasteiger partial charge in [-0.05, 0) is 54.5 Å². The standard InChI is InChI=1S/C26H34O5/c1-4-6-20-9-11-23(19(3)15-20)24-12-10-21(7-8-22(17-27)18-28)16-25(24)30-13-14-31-26(29)5-2/h5,9-12,15-16,22,27-28H,2,4,6-8,13-14,17-18H2,1,3H3. The summed E-state index contributed by atoms with van der Waals surface area (Å²) in [6.07, 6.45) is 4.70. The van der Waals surface area contributed by atoms with Crippen molar-refractivity contribution in [3.05, 3.63) is 65.7 Å². The van der Waals surface area contributed by atoms with Crippen LogP contribution in [0, 0.1) is 12.8 Å². The summed E-state index contributed by atoms with van der Waals surface area (Å²) in [5, 5.41) is 18.6. The molecule has 5 nitrogen and oxygen atoms in total. The molecule has 0 amide bonds. The van der Waals surface area contributed by atoms with E-state index >= 15 is 0 Å². The summed E-state index contributed by atoms with van der Waals surface area (Å²) in [6, 6.07) is 12.6. The molecule has 0 aliphatic heterocycles. The van der Waals surface area contributed by atoms with E-state index in [4.69, 9.17) is 9.47 Å². The Hall–Kier alpha value is -2.63. The van der Waals surface area contributed by atoms with Crippen LogP contribution < -0.4 is 4.74 Å². The molecule has 0 radical (unpaired) electrons. The fourth-order valence-corrected chi connectivity index (χ4v) is 3.50. The fourth-order valence-electron chi connectivity index (χ4n) is 3.50. The van der Waals surface area contributed by atoms with Crippen LogP contribution in [0.4, 0.5) is 0 Å². The highest BCUT2D eigenvalue weighted by atomic mass is 16.6. The zero-order valence-corrected chi connectivity index (χ0v) is 18.6. The number of carbonyl (C=O) groups excluding carboxylic acids is 1. The summed E-state index contributed by atoms with van der Waals surface area (Å²) < 4.78 is 11.0. The number of esters is 1. The van der Waals surface area contributed by atoms with Crippen LogP contribution in [0.2, 0.25) is 0 Å². The van der Waals surface area contributed by atoms with Crippen LogP contribution in [0.15, 0.2) is 49.1 Å². The third kappa shape index (κ3) is 7.53. The van der Waals surface area contributed by atoms with Gasteiger partial charge in [0.25, 0.3) is 0 Å². The lowest BCUT2D eigenvalue weighted by Crippen LogP contribution is -2.12. The predicted octanol–water partition coefficient (Wildman–Crippen LogP) is 4.26.